The fourth-order valence-electron chi connectivity index (χ4n) is 3.37. The third-order valence-corrected chi connectivity index (χ3v) is 6.78. The van der Waals surface area contributed by atoms with Crippen molar-refractivity contribution >= 4 is 40.5 Å². The van der Waals surface area contributed by atoms with Gasteiger partial charge < -0.3 is 15.1 Å². The topological polar surface area (TPSA) is 61.4 Å². The van der Waals surface area contributed by atoms with Crippen molar-refractivity contribution in [1.82, 2.24) is 15.5 Å². The van der Waals surface area contributed by atoms with E-state index in [9.17, 15) is 4.79 Å². The highest BCUT2D eigenvalue weighted by Gasteiger charge is 2.19. The molecule has 1 aliphatic heterocycles. The van der Waals surface area contributed by atoms with Gasteiger partial charge in [0.2, 0.25) is 5.91 Å². The largest absolute Gasteiger partial charge is 0.368 e. The van der Waals surface area contributed by atoms with E-state index in [-0.39, 0.29) is 5.91 Å². The van der Waals surface area contributed by atoms with E-state index in [1.165, 1.54) is 23.0 Å². The van der Waals surface area contributed by atoms with Gasteiger partial charge in [-0.3, -0.25) is 4.79 Å². The fraction of sp³-hybridized carbons (Fsp3) is 0.318. The van der Waals surface area contributed by atoms with Crippen LogP contribution in [0, 0.1) is 6.92 Å². The second-order valence-electron chi connectivity index (χ2n) is 7.19. The van der Waals surface area contributed by atoms with Crippen LogP contribution < -0.4 is 15.1 Å². The number of thioether (sulfide) groups is 1. The van der Waals surface area contributed by atoms with E-state index in [0.717, 1.165) is 41.9 Å². The molecule has 3 aromatic rings. The molecular weight excluding hydrogens is 414 g/mol. The first-order valence-electron chi connectivity index (χ1n) is 9.99. The number of nitrogens with one attached hydrogen (secondary N) is 1. The van der Waals surface area contributed by atoms with Crippen LogP contribution in [0.3, 0.4) is 0 Å². The first kappa shape index (κ1) is 20.7. The highest BCUT2D eigenvalue weighted by atomic mass is 32.2. The number of amides is 1. The van der Waals surface area contributed by atoms with Gasteiger partial charge in [0.05, 0.1) is 12.3 Å². The van der Waals surface area contributed by atoms with Crippen molar-refractivity contribution in [3.63, 3.8) is 0 Å². The van der Waals surface area contributed by atoms with Crippen LogP contribution in [0.2, 0.25) is 0 Å². The monoisotopic (exact) mass is 439 g/mol. The Morgan fingerprint density at radius 1 is 1.07 bits per heavy atom. The smallest absolute Gasteiger partial charge is 0.230 e. The molecule has 2 aromatic heterocycles. The fourth-order valence-corrected chi connectivity index (χ4v) is 4.65. The third-order valence-electron chi connectivity index (χ3n) is 4.99. The molecule has 3 heterocycles. The lowest BCUT2D eigenvalue weighted by atomic mass is 10.2. The molecule has 8 heteroatoms. The number of hydrogen-bond acceptors (Lipinski definition) is 7. The number of anilines is 2. The first-order chi connectivity index (χ1) is 14.7. The molecule has 1 amide bonds. The van der Waals surface area contributed by atoms with Crippen LogP contribution in [0.5, 0.6) is 0 Å². The molecule has 0 aliphatic carbocycles. The molecule has 1 N–H and O–H groups in total. The molecule has 1 aliphatic rings. The molecule has 6 nitrogen and oxygen atoms in total. The third kappa shape index (κ3) is 5.52. The van der Waals surface area contributed by atoms with Gasteiger partial charge in [-0.05, 0) is 48.2 Å². The van der Waals surface area contributed by atoms with Crippen molar-refractivity contribution in [1.29, 1.82) is 0 Å². The van der Waals surface area contributed by atoms with Gasteiger partial charge in [0.25, 0.3) is 0 Å². The van der Waals surface area contributed by atoms with Crippen LogP contribution in [0.15, 0.2) is 58.9 Å². The molecule has 30 heavy (non-hydrogen) atoms. The zero-order chi connectivity index (χ0) is 20.8. The molecule has 0 atom stereocenters. The minimum atomic E-state index is 0.00606. The lowest BCUT2D eigenvalue weighted by Gasteiger charge is -2.36. The number of thiophene rings is 1. The summed E-state index contributed by atoms with van der Waals surface area (Å²) in [6, 6.07) is 16.6. The molecule has 1 fully saturated rings. The van der Waals surface area contributed by atoms with Crippen LogP contribution in [0.25, 0.3) is 0 Å². The van der Waals surface area contributed by atoms with E-state index in [4.69, 9.17) is 0 Å². The predicted molar refractivity (Wildman–Crippen MR) is 125 cm³/mol. The van der Waals surface area contributed by atoms with E-state index in [2.05, 4.69) is 56.5 Å². The lowest BCUT2D eigenvalue weighted by Crippen LogP contribution is -2.46. The van der Waals surface area contributed by atoms with Gasteiger partial charge in [-0.25, -0.2) is 0 Å². The van der Waals surface area contributed by atoms with Gasteiger partial charge in [0.1, 0.15) is 5.03 Å². The minimum Gasteiger partial charge on any atom is -0.368 e. The van der Waals surface area contributed by atoms with Crippen molar-refractivity contribution in [2.75, 3.05) is 41.7 Å². The molecule has 1 aromatic carbocycles. The number of hydrogen-bond donors (Lipinski definition) is 1. The summed E-state index contributed by atoms with van der Waals surface area (Å²) in [6.07, 6.45) is 0. The van der Waals surface area contributed by atoms with Crippen LogP contribution in [0.1, 0.15) is 10.4 Å². The quantitative estimate of drug-likeness (QED) is 0.568. The Morgan fingerprint density at radius 2 is 1.90 bits per heavy atom. The summed E-state index contributed by atoms with van der Waals surface area (Å²) in [5, 5.41) is 14.4. The van der Waals surface area contributed by atoms with Crippen molar-refractivity contribution in [2.45, 2.75) is 18.5 Å². The number of carbonyl (C=O) groups excluding carboxylic acids is 1. The molecule has 0 bridgehead atoms. The van der Waals surface area contributed by atoms with Crippen LogP contribution in [-0.4, -0.2) is 48.0 Å². The van der Waals surface area contributed by atoms with E-state index in [1.54, 1.807) is 11.3 Å². The van der Waals surface area contributed by atoms with Gasteiger partial charge in [-0.15, -0.1) is 21.5 Å². The summed E-state index contributed by atoms with van der Waals surface area (Å²) in [7, 11) is 0. The maximum Gasteiger partial charge on any atom is 0.230 e. The van der Waals surface area contributed by atoms with Gasteiger partial charge >= 0.3 is 0 Å². The van der Waals surface area contributed by atoms with Crippen molar-refractivity contribution in [3.8, 4) is 0 Å². The molecule has 4 rings (SSSR count). The normalized spacial score (nSPS) is 14.0. The summed E-state index contributed by atoms with van der Waals surface area (Å²) in [5.74, 6) is 1.24. The Kier molecular flexibility index (Phi) is 6.86. The number of benzene rings is 1. The average Bonchev–Trinajstić information content (AvgIpc) is 3.31. The van der Waals surface area contributed by atoms with Crippen molar-refractivity contribution in [2.24, 2.45) is 0 Å². The minimum absolute atomic E-state index is 0.00606. The average molecular weight is 440 g/mol. The Morgan fingerprint density at radius 3 is 2.60 bits per heavy atom. The Bertz CT molecular complexity index is 954. The summed E-state index contributed by atoms with van der Waals surface area (Å²) >= 11 is 3.05. The molecule has 0 spiro atoms. The maximum atomic E-state index is 12.0. The standard InChI is InChI=1S/C22H25N5OS2/c1-17-4-2-5-18(14-17)26-9-11-27(12-10-26)20-7-8-22(25-24-20)30-16-21(28)23-15-19-6-3-13-29-19/h2-8,13-14H,9-12,15-16H2,1H3,(H,23,28). The molecule has 0 saturated carbocycles. The maximum absolute atomic E-state index is 12.0. The number of aryl methyl sites for hydroxylation is 1. The molecule has 0 unspecified atom stereocenters. The molecule has 1 saturated heterocycles. The zero-order valence-corrected chi connectivity index (χ0v) is 18.6. The van der Waals surface area contributed by atoms with Crippen LogP contribution in [-0.2, 0) is 11.3 Å². The van der Waals surface area contributed by atoms with Crippen LogP contribution in [0.4, 0.5) is 11.5 Å². The van der Waals surface area contributed by atoms with Gasteiger partial charge in [-0.1, -0.05) is 30.0 Å². The summed E-state index contributed by atoms with van der Waals surface area (Å²) < 4.78 is 0. The van der Waals surface area contributed by atoms with Gasteiger partial charge in [0.15, 0.2) is 5.82 Å². The number of aromatic nitrogens is 2. The predicted octanol–water partition coefficient (Wildman–Crippen LogP) is 3.58. The molecule has 156 valence electrons. The number of carbonyl (C=O) groups is 1. The lowest BCUT2D eigenvalue weighted by molar-refractivity contribution is -0.118. The summed E-state index contributed by atoms with van der Waals surface area (Å²) in [6.45, 7) is 6.47. The second kappa shape index (κ2) is 9.95. The highest BCUT2D eigenvalue weighted by molar-refractivity contribution is 7.99. The zero-order valence-electron chi connectivity index (χ0n) is 17.0. The van der Waals surface area contributed by atoms with Crippen molar-refractivity contribution in [3.05, 3.63) is 64.4 Å². The van der Waals surface area contributed by atoms with E-state index < -0.39 is 0 Å². The van der Waals surface area contributed by atoms with Crippen molar-refractivity contribution < 1.29 is 4.79 Å². The van der Waals surface area contributed by atoms with E-state index >= 15 is 0 Å². The summed E-state index contributed by atoms with van der Waals surface area (Å²) in [5.41, 5.74) is 2.57. The molecule has 0 radical (unpaired) electrons. The number of rotatable bonds is 7. The van der Waals surface area contributed by atoms with Gasteiger partial charge in [-0.2, -0.15) is 0 Å². The Labute approximate surface area is 185 Å². The van der Waals surface area contributed by atoms with E-state index in [1.807, 2.05) is 29.6 Å². The van der Waals surface area contributed by atoms with E-state index in [0.29, 0.717) is 12.3 Å². The number of piperazine rings is 1. The molecular formula is C22H25N5OS2. The second-order valence-corrected chi connectivity index (χ2v) is 9.22. The van der Waals surface area contributed by atoms with Crippen LogP contribution >= 0.6 is 23.1 Å². The number of nitrogens with zero attached hydrogens (tertiary/aromatic N) is 4. The Balaban J connectivity index is 1.23. The highest BCUT2D eigenvalue weighted by Crippen LogP contribution is 2.21. The SMILES string of the molecule is Cc1cccc(N2CCN(c3ccc(SCC(=O)NCc4cccs4)nn3)CC2)c1. The first-order valence-corrected chi connectivity index (χ1v) is 11.9. The Hall–Kier alpha value is -2.58. The summed E-state index contributed by atoms with van der Waals surface area (Å²) in [4.78, 5) is 17.8. The van der Waals surface area contributed by atoms with Gasteiger partial charge in [0, 0.05) is 36.7 Å².